The Balaban J connectivity index is 2.69. The highest BCUT2D eigenvalue weighted by Crippen LogP contribution is 2.18. The van der Waals surface area contributed by atoms with Gasteiger partial charge in [-0.05, 0) is 12.1 Å². The van der Waals surface area contributed by atoms with Crippen LogP contribution in [0.25, 0.3) is 0 Å². The Morgan fingerprint density at radius 3 is 2.83 bits per heavy atom. The smallest absolute Gasteiger partial charge is 0.310 e. The van der Waals surface area contributed by atoms with Crippen molar-refractivity contribution in [1.29, 1.82) is 0 Å². The molecule has 0 saturated carbocycles. The minimum Gasteiger partial charge on any atom is -0.426 e. The van der Waals surface area contributed by atoms with Gasteiger partial charge in [0.15, 0.2) is 5.75 Å². The van der Waals surface area contributed by atoms with Crippen molar-refractivity contribution in [2.45, 2.75) is 13.3 Å². The van der Waals surface area contributed by atoms with Crippen LogP contribution in [0.3, 0.4) is 0 Å². The van der Waals surface area contributed by atoms with Crippen molar-refractivity contribution in [2.75, 3.05) is 0 Å². The van der Waals surface area contributed by atoms with Gasteiger partial charge in [0.05, 0.1) is 0 Å². The molecule has 0 atom stereocenters. The van der Waals surface area contributed by atoms with Crippen LogP contribution in [0.15, 0.2) is 24.3 Å². The molecule has 0 spiro atoms. The minimum atomic E-state index is -0.333. The first-order valence-electron chi connectivity index (χ1n) is 3.70. The first-order valence-corrected chi connectivity index (χ1v) is 3.70. The zero-order valence-electron chi connectivity index (χ0n) is 6.74. The highest BCUT2D eigenvalue weighted by molar-refractivity contribution is 5.72. The van der Waals surface area contributed by atoms with Crippen LogP contribution in [-0.2, 0) is 9.90 Å². The van der Waals surface area contributed by atoms with Crippen LogP contribution in [0.2, 0.25) is 0 Å². The summed E-state index contributed by atoms with van der Waals surface area (Å²) in [6.45, 7) is 1.70. The number of hydrogen-bond acceptors (Lipinski definition) is 2. The molecule has 12 heavy (non-hydrogen) atoms. The predicted octanol–water partition coefficient (Wildman–Crippen LogP) is 2.15. The second-order valence-electron chi connectivity index (χ2n) is 2.30. The zero-order chi connectivity index (χ0) is 8.97. The third kappa shape index (κ3) is 2.27. The van der Waals surface area contributed by atoms with E-state index in [1.54, 1.807) is 19.1 Å². The van der Waals surface area contributed by atoms with Gasteiger partial charge in [0, 0.05) is 12.5 Å². The number of esters is 1. The fourth-order valence-electron chi connectivity index (χ4n) is 0.741. The van der Waals surface area contributed by atoms with Gasteiger partial charge in [-0.25, -0.2) is 0 Å². The fraction of sp³-hybridized carbons (Fsp3) is 0.222. The number of carbonyl (C=O) groups excluding carboxylic acids is 1. The van der Waals surface area contributed by atoms with Crippen LogP contribution in [0.4, 0.5) is 0 Å². The van der Waals surface area contributed by atoms with E-state index in [1.807, 2.05) is 0 Å². The third-order valence-corrected chi connectivity index (χ3v) is 1.33. The molecule has 1 rings (SSSR count). The molecular weight excluding hydrogens is 156 g/mol. The van der Waals surface area contributed by atoms with E-state index in [1.165, 1.54) is 12.1 Å². The van der Waals surface area contributed by atoms with Crippen LogP contribution in [0.1, 0.15) is 13.3 Å². The average molecular weight is 165 g/mol. The van der Waals surface area contributed by atoms with Crippen LogP contribution in [0.5, 0.6) is 11.5 Å². The van der Waals surface area contributed by atoms with Crippen molar-refractivity contribution in [1.82, 2.24) is 0 Å². The second kappa shape index (κ2) is 3.76. The molecule has 0 N–H and O–H groups in total. The molecule has 3 nitrogen and oxygen atoms in total. The summed E-state index contributed by atoms with van der Waals surface area (Å²) in [6, 6.07) is 5.83. The molecular formula is C9H9O3. The average Bonchev–Trinajstić information content (AvgIpc) is 2.04. The lowest BCUT2D eigenvalue weighted by Crippen LogP contribution is -2.04. The summed E-state index contributed by atoms with van der Waals surface area (Å²) >= 11 is 0. The summed E-state index contributed by atoms with van der Waals surface area (Å²) in [5, 5.41) is 10.8. The van der Waals surface area contributed by atoms with E-state index in [9.17, 15) is 9.90 Å². The van der Waals surface area contributed by atoms with Crippen molar-refractivity contribution in [3.8, 4) is 11.5 Å². The van der Waals surface area contributed by atoms with E-state index < -0.39 is 0 Å². The Kier molecular flexibility index (Phi) is 2.69. The Hall–Kier alpha value is -1.51. The summed E-state index contributed by atoms with van der Waals surface area (Å²) in [4.78, 5) is 10.8. The summed E-state index contributed by atoms with van der Waals surface area (Å²) in [5.74, 6) is -0.175. The molecule has 3 heteroatoms. The molecule has 63 valence electrons. The monoisotopic (exact) mass is 165 g/mol. The van der Waals surface area contributed by atoms with Gasteiger partial charge in [-0.2, -0.15) is 0 Å². The maximum Gasteiger partial charge on any atom is 0.310 e. The lowest BCUT2D eigenvalue weighted by Gasteiger charge is -2.00. The standard InChI is InChI=1S/C9H9O3/c1-2-9(11)12-8-5-3-4-7(10)6-8/h3-6H,2H2,1H3. The molecule has 0 aliphatic rings. The van der Waals surface area contributed by atoms with Gasteiger partial charge in [0.25, 0.3) is 0 Å². The molecule has 0 saturated heterocycles. The molecule has 0 amide bonds. The van der Waals surface area contributed by atoms with Crippen molar-refractivity contribution in [3.63, 3.8) is 0 Å². The van der Waals surface area contributed by atoms with Gasteiger partial charge in [0.1, 0.15) is 5.75 Å². The lowest BCUT2D eigenvalue weighted by molar-refractivity contribution is -0.134. The molecule has 0 fully saturated rings. The van der Waals surface area contributed by atoms with E-state index in [-0.39, 0.29) is 11.7 Å². The summed E-state index contributed by atoms with van der Waals surface area (Å²) < 4.78 is 4.81. The topological polar surface area (TPSA) is 46.2 Å². The SMILES string of the molecule is CCC(=O)Oc1cccc([O])c1. The summed E-state index contributed by atoms with van der Waals surface area (Å²) in [6.07, 6.45) is 0.309. The molecule has 0 aliphatic carbocycles. The van der Waals surface area contributed by atoms with E-state index >= 15 is 0 Å². The first-order chi connectivity index (χ1) is 5.72. The van der Waals surface area contributed by atoms with E-state index in [4.69, 9.17) is 4.74 Å². The van der Waals surface area contributed by atoms with Crippen LogP contribution >= 0.6 is 0 Å². The number of benzene rings is 1. The van der Waals surface area contributed by atoms with E-state index in [0.717, 1.165) is 0 Å². The molecule has 1 aromatic rings. The predicted molar refractivity (Wildman–Crippen MR) is 42.5 cm³/mol. The zero-order valence-corrected chi connectivity index (χ0v) is 6.74. The normalized spacial score (nSPS) is 9.42. The van der Waals surface area contributed by atoms with Gasteiger partial charge in [-0.15, -0.1) is 0 Å². The molecule has 0 aliphatic heterocycles. The fourth-order valence-corrected chi connectivity index (χ4v) is 0.741. The molecule has 0 bridgehead atoms. The molecule has 1 radical (unpaired) electrons. The number of carbonyl (C=O) groups is 1. The second-order valence-corrected chi connectivity index (χ2v) is 2.30. The molecule has 0 unspecified atom stereocenters. The van der Waals surface area contributed by atoms with Crippen molar-refractivity contribution >= 4 is 5.97 Å². The number of rotatable bonds is 2. The van der Waals surface area contributed by atoms with Gasteiger partial charge in [-0.1, -0.05) is 13.0 Å². The van der Waals surface area contributed by atoms with Gasteiger partial charge in [-0.3, -0.25) is 9.90 Å². The maximum atomic E-state index is 10.8. The number of ether oxygens (including phenoxy) is 1. The van der Waals surface area contributed by atoms with Crippen LogP contribution in [-0.4, -0.2) is 5.97 Å². The van der Waals surface area contributed by atoms with Gasteiger partial charge >= 0.3 is 5.97 Å². The summed E-state index contributed by atoms with van der Waals surface area (Å²) in [7, 11) is 0. The lowest BCUT2D eigenvalue weighted by atomic mass is 10.3. The van der Waals surface area contributed by atoms with Gasteiger partial charge < -0.3 is 4.74 Å². The highest BCUT2D eigenvalue weighted by atomic mass is 16.5. The molecule has 1 aromatic carbocycles. The third-order valence-electron chi connectivity index (χ3n) is 1.33. The first kappa shape index (κ1) is 8.59. The van der Waals surface area contributed by atoms with Crippen LogP contribution < -0.4 is 4.74 Å². The van der Waals surface area contributed by atoms with E-state index in [0.29, 0.717) is 12.2 Å². The Morgan fingerprint density at radius 1 is 1.50 bits per heavy atom. The van der Waals surface area contributed by atoms with E-state index in [2.05, 4.69) is 0 Å². The quantitative estimate of drug-likeness (QED) is 0.497. The number of hydrogen-bond donors (Lipinski definition) is 0. The van der Waals surface area contributed by atoms with Gasteiger partial charge in [0.2, 0.25) is 0 Å². The Morgan fingerprint density at radius 2 is 2.25 bits per heavy atom. The Labute approximate surface area is 70.6 Å². The highest BCUT2D eigenvalue weighted by Gasteiger charge is 2.01. The maximum absolute atomic E-state index is 10.8. The molecule has 0 aromatic heterocycles. The van der Waals surface area contributed by atoms with Crippen molar-refractivity contribution < 1.29 is 14.6 Å². The van der Waals surface area contributed by atoms with Crippen molar-refractivity contribution in [3.05, 3.63) is 24.3 Å². The largest absolute Gasteiger partial charge is 0.426 e. The summed E-state index contributed by atoms with van der Waals surface area (Å²) in [5.41, 5.74) is 0. The van der Waals surface area contributed by atoms with Crippen LogP contribution in [0, 0.1) is 0 Å². The van der Waals surface area contributed by atoms with Crippen molar-refractivity contribution in [2.24, 2.45) is 0 Å². The molecule has 0 heterocycles. The Bertz CT molecular complexity index is 281. The minimum absolute atomic E-state index is 0.156.